The quantitative estimate of drug-likeness (QED) is 0.389. The Kier molecular flexibility index (Phi) is 1.51. The van der Waals surface area contributed by atoms with Crippen LogP contribution in [0.3, 0.4) is 0 Å². The van der Waals surface area contributed by atoms with E-state index < -0.39 is 4.65 Å². The van der Waals surface area contributed by atoms with E-state index in [4.69, 9.17) is 0 Å². The average molecular weight is 155 g/mol. The van der Waals surface area contributed by atoms with Crippen molar-refractivity contribution >= 4 is 5.91 Å². The molecule has 2 fully saturated rings. The average Bonchev–Trinajstić information content (AvgIpc) is 2.34. The Bertz CT molecular complexity index is 193. The van der Waals surface area contributed by atoms with Crippen LogP contribution in [0.15, 0.2) is 0 Å². The number of quaternary nitrogens is 1. The van der Waals surface area contributed by atoms with Crippen LogP contribution in [0.1, 0.15) is 32.1 Å². The first-order valence-electron chi connectivity index (χ1n) is 4.35. The van der Waals surface area contributed by atoms with Gasteiger partial charge in [-0.3, -0.25) is 4.65 Å². The number of nitrogens with zero attached hydrogens (tertiary/aromatic N) is 1. The number of fused-ring (bicyclic) bond motifs is 1. The molecule has 0 saturated carbocycles. The number of piperidine rings is 1. The monoisotopic (exact) mass is 155 g/mol. The summed E-state index contributed by atoms with van der Waals surface area (Å²) in [5.74, 6) is -0.0706. The number of hydrogen-bond donors (Lipinski definition) is 0. The molecule has 2 rings (SSSR count). The first kappa shape index (κ1) is 7.25. The van der Waals surface area contributed by atoms with Crippen LogP contribution in [-0.4, -0.2) is 23.1 Å². The third-order valence-electron chi connectivity index (χ3n) is 2.97. The van der Waals surface area contributed by atoms with Crippen molar-refractivity contribution in [2.75, 3.05) is 6.54 Å². The zero-order valence-corrected chi connectivity index (χ0v) is 6.58. The lowest BCUT2D eigenvalue weighted by atomic mass is 10.0. The van der Waals surface area contributed by atoms with Gasteiger partial charge in [-0.2, -0.15) is 0 Å². The Morgan fingerprint density at radius 1 is 1.36 bits per heavy atom. The van der Waals surface area contributed by atoms with Crippen LogP contribution >= 0.6 is 0 Å². The molecule has 0 aliphatic carbocycles. The van der Waals surface area contributed by atoms with E-state index in [-0.39, 0.29) is 11.9 Å². The molecule has 2 heterocycles. The predicted octanol–water partition coefficient (Wildman–Crippen LogP) is 1.17. The number of rotatable bonds is 0. The third-order valence-corrected chi connectivity index (χ3v) is 2.97. The van der Waals surface area contributed by atoms with Gasteiger partial charge >= 0.3 is 5.91 Å². The second kappa shape index (κ2) is 2.29. The fourth-order valence-corrected chi connectivity index (χ4v) is 2.31. The van der Waals surface area contributed by atoms with Crippen LogP contribution in [0.5, 0.6) is 0 Å². The molecule has 0 aromatic rings. The number of hydroxylamine groups is 3. The molecule has 0 aromatic carbocycles. The summed E-state index contributed by atoms with van der Waals surface area (Å²) < 4.78 is -0.486. The fourth-order valence-electron chi connectivity index (χ4n) is 2.31. The highest BCUT2D eigenvalue weighted by atomic mass is 16.6. The van der Waals surface area contributed by atoms with Crippen LogP contribution in [0.25, 0.3) is 0 Å². The van der Waals surface area contributed by atoms with E-state index in [1.807, 2.05) is 0 Å². The molecule has 0 radical (unpaired) electrons. The summed E-state index contributed by atoms with van der Waals surface area (Å²) in [7, 11) is 0. The van der Waals surface area contributed by atoms with Gasteiger partial charge < -0.3 is 5.21 Å². The van der Waals surface area contributed by atoms with Crippen molar-refractivity contribution in [3.05, 3.63) is 5.21 Å². The molecule has 11 heavy (non-hydrogen) atoms. The van der Waals surface area contributed by atoms with E-state index in [1.54, 1.807) is 0 Å². The van der Waals surface area contributed by atoms with Gasteiger partial charge in [0.25, 0.3) is 0 Å². The lowest BCUT2D eigenvalue weighted by molar-refractivity contribution is -0.821. The minimum atomic E-state index is -0.486. The maximum atomic E-state index is 11.8. The van der Waals surface area contributed by atoms with E-state index in [2.05, 4.69) is 0 Å². The zero-order valence-electron chi connectivity index (χ0n) is 6.58. The Labute approximate surface area is 66.2 Å². The van der Waals surface area contributed by atoms with Gasteiger partial charge in [0, 0.05) is 19.3 Å². The van der Waals surface area contributed by atoms with E-state index in [0.717, 1.165) is 25.7 Å². The van der Waals surface area contributed by atoms with Crippen molar-refractivity contribution in [1.82, 2.24) is 0 Å². The Morgan fingerprint density at radius 3 is 2.82 bits per heavy atom. The van der Waals surface area contributed by atoms with Gasteiger partial charge in [-0.25, -0.2) is 4.79 Å². The summed E-state index contributed by atoms with van der Waals surface area (Å²) in [5, 5.41) is 11.8. The predicted molar refractivity (Wildman–Crippen MR) is 40.4 cm³/mol. The maximum Gasteiger partial charge on any atom is 0.313 e. The van der Waals surface area contributed by atoms with E-state index >= 15 is 0 Å². The molecule has 0 N–H and O–H groups in total. The molecule has 2 aliphatic heterocycles. The van der Waals surface area contributed by atoms with E-state index in [0.29, 0.717) is 13.0 Å². The highest BCUT2D eigenvalue weighted by Gasteiger charge is 2.43. The second-order valence-corrected chi connectivity index (χ2v) is 3.60. The number of carbonyl (C=O) groups excluding carboxylic acids is 1. The molecule has 62 valence electrons. The van der Waals surface area contributed by atoms with Gasteiger partial charge in [-0.05, 0) is 6.42 Å². The standard InChI is InChI=1S/C8H13NO2/c10-8-5-1-3-7-4-2-6-9(7,8)11/h7H,1-6H2. The lowest BCUT2D eigenvalue weighted by Gasteiger charge is -2.44. The topological polar surface area (TPSA) is 40.1 Å². The van der Waals surface area contributed by atoms with Crippen LogP contribution in [0.2, 0.25) is 0 Å². The summed E-state index contributed by atoms with van der Waals surface area (Å²) >= 11 is 0. The van der Waals surface area contributed by atoms with Gasteiger partial charge in [0.1, 0.15) is 0 Å². The Balaban J connectivity index is 2.24. The second-order valence-electron chi connectivity index (χ2n) is 3.60. The zero-order chi connectivity index (χ0) is 7.90. The van der Waals surface area contributed by atoms with Crippen molar-refractivity contribution in [3.8, 4) is 0 Å². The normalized spacial score (nSPS) is 44.1. The molecule has 2 atom stereocenters. The summed E-state index contributed by atoms with van der Waals surface area (Å²) in [4.78, 5) is 11.3. The Hall–Kier alpha value is -0.410. The molecule has 3 nitrogen and oxygen atoms in total. The van der Waals surface area contributed by atoms with Crippen LogP contribution in [0, 0.1) is 5.21 Å². The molecule has 1 amide bonds. The van der Waals surface area contributed by atoms with Crippen molar-refractivity contribution in [2.24, 2.45) is 0 Å². The molecule has 2 aliphatic rings. The molecule has 2 unspecified atom stereocenters. The van der Waals surface area contributed by atoms with Gasteiger partial charge in [-0.1, -0.05) is 0 Å². The number of amides is 1. The summed E-state index contributed by atoms with van der Waals surface area (Å²) in [5.41, 5.74) is 0. The SMILES string of the molecule is O=C1CCCC2CCC[N+]12[O-]. The van der Waals surface area contributed by atoms with Crippen LogP contribution in [-0.2, 0) is 4.79 Å². The highest BCUT2D eigenvalue weighted by molar-refractivity contribution is 5.70. The van der Waals surface area contributed by atoms with Crippen LogP contribution < -0.4 is 0 Å². The first-order chi connectivity index (χ1) is 5.23. The molecule has 0 aromatic heterocycles. The fraction of sp³-hybridized carbons (Fsp3) is 0.875. The van der Waals surface area contributed by atoms with Crippen LogP contribution in [0.4, 0.5) is 0 Å². The summed E-state index contributed by atoms with van der Waals surface area (Å²) in [6.45, 7) is 0.545. The van der Waals surface area contributed by atoms with Gasteiger partial charge in [0.05, 0.1) is 19.0 Å². The van der Waals surface area contributed by atoms with E-state index in [1.165, 1.54) is 0 Å². The third kappa shape index (κ3) is 0.914. The molecule has 2 saturated heterocycles. The highest BCUT2D eigenvalue weighted by Crippen LogP contribution is 2.34. The maximum absolute atomic E-state index is 11.8. The van der Waals surface area contributed by atoms with Gasteiger partial charge in [0.15, 0.2) is 0 Å². The molecular formula is C8H13NO2. The minimum Gasteiger partial charge on any atom is -0.625 e. The van der Waals surface area contributed by atoms with Crippen molar-refractivity contribution in [1.29, 1.82) is 0 Å². The van der Waals surface area contributed by atoms with Gasteiger partial charge in [-0.15, -0.1) is 0 Å². The lowest BCUT2D eigenvalue weighted by Crippen LogP contribution is -2.53. The molecule has 0 bridgehead atoms. The summed E-state index contributed by atoms with van der Waals surface area (Å²) in [6.07, 6.45) is 4.33. The largest absolute Gasteiger partial charge is 0.625 e. The summed E-state index contributed by atoms with van der Waals surface area (Å²) in [6, 6.07) is 0.122. The van der Waals surface area contributed by atoms with Gasteiger partial charge in [0.2, 0.25) is 0 Å². The number of hydrogen-bond acceptors (Lipinski definition) is 2. The Morgan fingerprint density at radius 2 is 2.09 bits per heavy atom. The molecular weight excluding hydrogens is 142 g/mol. The molecule has 3 heteroatoms. The smallest absolute Gasteiger partial charge is 0.313 e. The first-order valence-corrected chi connectivity index (χ1v) is 4.35. The van der Waals surface area contributed by atoms with E-state index in [9.17, 15) is 10.0 Å². The van der Waals surface area contributed by atoms with Crippen molar-refractivity contribution < 1.29 is 9.44 Å². The van der Waals surface area contributed by atoms with Crippen molar-refractivity contribution in [2.45, 2.75) is 38.1 Å². The number of carbonyl (C=O) groups is 1. The molecule has 0 spiro atoms. The van der Waals surface area contributed by atoms with Crippen molar-refractivity contribution in [3.63, 3.8) is 0 Å². The minimum absolute atomic E-state index is 0.0706.